The molecule has 0 aliphatic carbocycles. The zero-order valence-corrected chi connectivity index (χ0v) is 18.8. The number of urea groups is 1. The van der Waals surface area contributed by atoms with Crippen LogP contribution >= 0.6 is 0 Å². The number of nitrogens with zero attached hydrogens (tertiary/aromatic N) is 3. The molecule has 11 heteroatoms. The number of benzene rings is 1. The molecule has 2 aliphatic rings. The van der Waals surface area contributed by atoms with E-state index in [2.05, 4.69) is 15.6 Å². The molecule has 2 aliphatic heterocycles. The maximum Gasteiger partial charge on any atom is 0.341 e. The number of carbonyl (C=O) groups excluding carboxylic acids is 4. The van der Waals surface area contributed by atoms with Crippen molar-refractivity contribution < 1.29 is 28.7 Å². The molecule has 0 saturated carbocycles. The average Bonchev–Trinajstić information content (AvgIpc) is 2.87. The Morgan fingerprint density at radius 1 is 1.18 bits per heavy atom. The third kappa shape index (κ3) is 4.29. The van der Waals surface area contributed by atoms with Gasteiger partial charge in [0, 0.05) is 6.20 Å². The van der Waals surface area contributed by atoms with Crippen LogP contribution in [0.25, 0.3) is 0 Å². The SMILES string of the molecule is COC(=O)c1cccnc1N1C(=O)C2CCCNC2N(CC(=O)Nc2ccccc2OC)C1=O. The topological polar surface area (TPSA) is 130 Å². The number of nitrogens with one attached hydrogen (secondary N) is 2. The van der Waals surface area contributed by atoms with Crippen LogP contribution in [-0.2, 0) is 14.3 Å². The highest BCUT2D eigenvalue weighted by Gasteiger charge is 2.49. The molecule has 3 heterocycles. The molecule has 2 fully saturated rings. The van der Waals surface area contributed by atoms with Gasteiger partial charge in [0.05, 0.1) is 32.0 Å². The first-order valence-electron chi connectivity index (χ1n) is 10.8. The van der Waals surface area contributed by atoms with E-state index in [9.17, 15) is 19.2 Å². The summed E-state index contributed by atoms with van der Waals surface area (Å²) in [4.78, 5) is 58.4. The summed E-state index contributed by atoms with van der Waals surface area (Å²) in [6.45, 7) is 0.276. The van der Waals surface area contributed by atoms with Crippen molar-refractivity contribution in [1.29, 1.82) is 0 Å². The number of aromatic nitrogens is 1. The van der Waals surface area contributed by atoms with Crippen molar-refractivity contribution in [2.75, 3.05) is 37.5 Å². The normalized spacial score (nSPS) is 19.9. The van der Waals surface area contributed by atoms with Crippen LogP contribution < -0.4 is 20.3 Å². The predicted octanol–water partition coefficient (Wildman–Crippen LogP) is 1.61. The summed E-state index contributed by atoms with van der Waals surface area (Å²) in [7, 11) is 2.69. The Labute approximate surface area is 196 Å². The summed E-state index contributed by atoms with van der Waals surface area (Å²) in [6.07, 6.45) is 1.97. The Kier molecular flexibility index (Phi) is 6.73. The second kappa shape index (κ2) is 9.87. The molecule has 4 amide bonds. The fourth-order valence-electron chi connectivity index (χ4n) is 4.26. The highest BCUT2D eigenvalue weighted by molar-refractivity contribution is 6.19. The lowest BCUT2D eigenvalue weighted by Crippen LogP contribution is -2.68. The van der Waals surface area contributed by atoms with E-state index in [0.29, 0.717) is 24.4 Å². The van der Waals surface area contributed by atoms with Crippen LogP contribution in [0, 0.1) is 5.92 Å². The number of anilines is 2. The van der Waals surface area contributed by atoms with Gasteiger partial charge >= 0.3 is 12.0 Å². The summed E-state index contributed by atoms with van der Waals surface area (Å²) in [5.74, 6) is -1.92. The number of hydrogen-bond acceptors (Lipinski definition) is 8. The molecular formula is C23H25N5O6. The van der Waals surface area contributed by atoms with Crippen LogP contribution in [0.3, 0.4) is 0 Å². The Morgan fingerprint density at radius 3 is 2.74 bits per heavy atom. The number of para-hydroxylation sites is 2. The van der Waals surface area contributed by atoms with Gasteiger partial charge in [-0.05, 0) is 43.7 Å². The summed E-state index contributed by atoms with van der Waals surface area (Å²) in [6, 6.07) is 9.10. The standard InChI is InChI=1S/C23H25N5O6/c1-33-17-10-4-3-9-16(17)26-18(29)13-27-19-14(7-5-11-24-19)21(30)28(23(27)32)20-15(22(31)34-2)8-6-12-25-20/h3-4,6,8-10,12,14,19,24H,5,7,11,13H2,1-2H3,(H,26,29). The maximum absolute atomic E-state index is 13.6. The molecule has 4 rings (SSSR count). The molecule has 2 aromatic rings. The van der Waals surface area contributed by atoms with Gasteiger partial charge in [-0.2, -0.15) is 0 Å². The smallest absolute Gasteiger partial charge is 0.341 e. The van der Waals surface area contributed by atoms with Crippen molar-refractivity contribution in [2.45, 2.75) is 19.0 Å². The van der Waals surface area contributed by atoms with Gasteiger partial charge in [0.15, 0.2) is 5.82 Å². The van der Waals surface area contributed by atoms with E-state index in [1.54, 1.807) is 24.3 Å². The first-order valence-corrected chi connectivity index (χ1v) is 10.8. The van der Waals surface area contributed by atoms with Gasteiger partial charge < -0.3 is 14.8 Å². The van der Waals surface area contributed by atoms with Crippen molar-refractivity contribution in [1.82, 2.24) is 15.2 Å². The number of rotatable bonds is 6. The molecule has 0 radical (unpaired) electrons. The number of methoxy groups -OCH3 is 2. The van der Waals surface area contributed by atoms with Crippen molar-refractivity contribution in [3.05, 3.63) is 48.2 Å². The first-order chi connectivity index (χ1) is 16.5. The van der Waals surface area contributed by atoms with Gasteiger partial charge in [-0.25, -0.2) is 19.5 Å². The highest BCUT2D eigenvalue weighted by Crippen LogP contribution is 2.32. The maximum atomic E-state index is 13.6. The molecule has 2 atom stereocenters. The van der Waals surface area contributed by atoms with Crippen molar-refractivity contribution in [3.63, 3.8) is 0 Å². The molecule has 0 spiro atoms. The predicted molar refractivity (Wildman–Crippen MR) is 121 cm³/mol. The van der Waals surface area contributed by atoms with Gasteiger partial charge in [-0.15, -0.1) is 0 Å². The largest absolute Gasteiger partial charge is 0.495 e. The van der Waals surface area contributed by atoms with Gasteiger partial charge in [-0.3, -0.25) is 19.8 Å². The van der Waals surface area contributed by atoms with Crippen LogP contribution in [0.15, 0.2) is 42.6 Å². The zero-order valence-electron chi connectivity index (χ0n) is 18.8. The van der Waals surface area contributed by atoms with Gasteiger partial charge in [0.1, 0.15) is 17.9 Å². The number of ether oxygens (including phenoxy) is 2. The quantitative estimate of drug-likeness (QED) is 0.613. The van der Waals surface area contributed by atoms with Crippen LogP contribution in [0.2, 0.25) is 0 Å². The van der Waals surface area contributed by atoms with Gasteiger partial charge in [0.2, 0.25) is 11.8 Å². The van der Waals surface area contributed by atoms with Crippen LogP contribution in [0.4, 0.5) is 16.3 Å². The lowest BCUT2D eigenvalue weighted by atomic mass is 9.91. The summed E-state index contributed by atoms with van der Waals surface area (Å²) < 4.78 is 10.1. The number of amides is 4. The van der Waals surface area contributed by atoms with E-state index in [1.807, 2.05) is 0 Å². The minimum Gasteiger partial charge on any atom is -0.495 e. The number of fused-ring (bicyclic) bond motifs is 1. The van der Waals surface area contributed by atoms with E-state index in [0.717, 1.165) is 11.3 Å². The van der Waals surface area contributed by atoms with Gasteiger partial charge in [-0.1, -0.05) is 12.1 Å². The molecular weight excluding hydrogens is 442 g/mol. The lowest BCUT2D eigenvalue weighted by Gasteiger charge is -2.46. The molecule has 2 N–H and O–H groups in total. The summed E-state index contributed by atoms with van der Waals surface area (Å²) in [5, 5.41) is 5.94. The number of esters is 1. The molecule has 2 unspecified atom stereocenters. The fraction of sp³-hybridized carbons (Fsp3) is 0.348. The molecule has 0 bridgehead atoms. The highest BCUT2D eigenvalue weighted by atomic mass is 16.5. The van der Waals surface area contributed by atoms with E-state index < -0.39 is 35.9 Å². The summed E-state index contributed by atoms with van der Waals surface area (Å²) in [5.41, 5.74) is 0.436. The number of imide groups is 1. The van der Waals surface area contributed by atoms with Crippen molar-refractivity contribution in [2.24, 2.45) is 5.92 Å². The minimum atomic E-state index is -0.750. The molecule has 1 aromatic carbocycles. The number of pyridine rings is 1. The second-order valence-electron chi connectivity index (χ2n) is 7.85. The van der Waals surface area contributed by atoms with Crippen LogP contribution in [-0.4, -0.2) is 67.2 Å². The molecule has 178 valence electrons. The van der Waals surface area contributed by atoms with Gasteiger partial charge in [0.25, 0.3) is 0 Å². The summed E-state index contributed by atoms with van der Waals surface area (Å²) >= 11 is 0. The van der Waals surface area contributed by atoms with Crippen LogP contribution in [0.5, 0.6) is 5.75 Å². The van der Waals surface area contributed by atoms with Crippen molar-refractivity contribution in [3.8, 4) is 5.75 Å². The first kappa shape index (κ1) is 23.2. The third-order valence-electron chi connectivity index (χ3n) is 5.84. The number of piperidine rings is 1. The monoisotopic (exact) mass is 467 g/mol. The Hall–Kier alpha value is -3.99. The lowest BCUT2D eigenvalue weighted by molar-refractivity contribution is -0.129. The Balaban J connectivity index is 1.65. The third-order valence-corrected chi connectivity index (χ3v) is 5.84. The zero-order chi connectivity index (χ0) is 24.2. The Bertz CT molecular complexity index is 1120. The second-order valence-corrected chi connectivity index (χ2v) is 7.85. The molecule has 34 heavy (non-hydrogen) atoms. The molecule has 1 aromatic heterocycles. The minimum absolute atomic E-state index is 0.0210. The Morgan fingerprint density at radius 2 is 1.97 bits per heavy atom. The molecule has 2 saturated heterocycles. The van der Waals surface area contributed by atoms with Crippen LogP contribution in [0.1, 0.15) is 23.2 Å². The van der Waals surface area contributed by atoms with E-state index >= 15 is 0 Å². The number of hydrogen-bond donors (Lipinski definition) is 2. The van der Waals surface area contributed by atoms with E-state index in [1.165, 1.54) is 37.4 Å². The molecule has 11 nitrogen and oxygen atoms in total. The fourth-order valence-corrected chi connectivity index (χ4v) is 4.26. The van der Waals surface area contributed by atoms with Crippen molar-refractivity contribution >= 4 is 35.3 Å². The number of carbonyl (C=O) groups is 4. The van der Waals surface area contributed by atoms with E-state index in [-0.39, 0.29) is 17.9 Å². The van der Waals surface area contributed by atoms with E-state index in [4.69, 9.17) is 9.47 Å². The average molecular weight is 467 g/mol.